The SMILES string of the molecule is COc1ccccc1SCC(=O)c1ccc(NC(=O)CC(C)C)cc1. The zero-order valence-corrected chi connectivity index (χ0v) is 15.6. The number of thioether (sulfide) groups is 1. The zero-order chi connectivity index (χ0) is 18.2. The van der Waals surface area contributed by atoms with Crippen LogP contribution in [0.3, 0.4) is 0 Å². The number of anilines is 1. The van der Waals surface area contributed by atoms with Crippen molar-refractivity contribution in [3.63, 3.8) is 0 Å². The number of hydrogen-bond acceptors (Lipinski definition) is 4. The highest BCUT2D eigenvalue weighted by Gasteiger charge is 2.10. The van der Waals surface area contributed by atoms with Gasteiger partial charge in [0.05, 0.1) is 12.9 Å². The van der Waals surface area contributed by atoms with E-state index >= 15 is 0 Å². The van der Waals surface area contributed by atoms with E-state index in [0.29, 0.717) is 29.3 Å². The van der Waals surface area contributed by atoms with Crippen LogP contribution in [0.2, 0.25) is 0 Å². The van der Waals surface area contributed by atoms with Crippen LogP contribution in [0.15, 0.2) is 53.4 Å². The lowest BCUT2D eigenvalue weighted by molar-refractivity contribution is -0.116. The van der Waals surface area contributed by atoms with E-state index in [9.17, 15) is 9.59 Å². The van der Waals surface area contributed by atoms with Crippen LogP contribution in [-0.4, -0.2) is 24.6 Å². The molecular weight excluding hydrogens is 334 g/mol. The predicted molar refractivity (Wildman–Crippen MR) is 103 cm³/mol. The third-order valence-electron chi connectivity index (χ3n) is 3.51. The number of rotatable bonds is 8. The average Bonchev–Trinajstić information content (AvgIpc) is 2.59. The number of para-hydroxylation sites is 1. The molecule has 0 saturated heterocycles. The van der Waals surface area contributed by atoms with Crippen molar-refractivity contribution in [1.82, 2.24) is 0 Å². The number of ketones is 1. The van der Waals surface area contributed by atoms with Gasteiger partial charge in [0.15, 0.2) is 5.78 Å². The summed E-state index contributed by atoms with van der Waals surface area (Å²) in [4.78, 5) is 25.1. The summed E-state index contributed by atoms with van der Waals surface area (Å²) in [6.45, 7) is 4.00. The molecule has 5 heteroatoms. The fourth-order valence-corrected chi connectivity index (χ4v) is 3.21. The second kappa shape index (κ2) is 9.28. The number of nitrogens with one attached hydrogen (secondary N) is 1. The van der Waals surface area contributed by atoms with Crippen molar-refractivity contribution < 1.29 is 14.3 Å². The van der Waals surface area contributed by atoms with E-state index in [0.717, 1.165) is 10.6 Å². The number of ether oxygens (including phenoxy) is 1. The Balaban J connectivity index is 1.93. The number of carbonyl (C=O) groups is 2. The van der Waals surface area contributed by atoms with E-state index in [4.69, 9.17) is 4.74 Å². The maximum Gasteiger partial charge on any atom is 0.224 e. The Bertz CT molecular complexity index is 726. The molecule has 0 spiro atoms. The fourth-order valence-electron chi connectivity index (χ4n) is 2.29. The minimum atomic E-state index is -0.0131. The normalized spacial score (nSPS) is 10.6. The molecule has 132 valence electrons. The Morgan fingerprint density at radius 1 is 1.08 bits per heavy atom. The lowest BCUT2D eigenvalue weighted by Crippen LogP contribution is -2.14. The Labute approximate surface area is 153 Å². The van der Waals surface area contributed by atoms with E-state index in [-0.39, 0.29) is 11.7 Å². The molecule has 0 aliphatic carbocycles. The van der Waals surface area contributed by atoms with Gasteiger partial charge in [0.2, 0.25) is 5.91 Å². The monoisotopic (exact) mass is 357 g/mol. The topological polar surface area (TPSA) is 55.4 Å². The Hall–Kier alpha value is -2.27. The maximum absolute atomic E-state index is 12.3. The second-order valence-corrected chi connectivity index (χ2v) is 7.10. The summed E-state index contributed by atoms with van der Waals surface area (Å²) in [7, 11) is 1.62. The highest BCUT2D eigenvalue weighted by atomic mass is 32.2. The van der Waals surface area contributed by atoms with Crippen LogP contribution < -0.4 is 10.1 Å². The van der Waals surface area contributed by atoms with Crippen molar-refractivity contribution in [2.45, 2.75) is 25.2 Å². The first-order valence-electron chi connectivity index (χ1n) is 8.18. The van der Waals surface area contributed by atoms with Gasteiger partial charge in [-0.25, -0.2) is 0 Å². The molecule has 0 atom stereocenters. The molecule has 0 bridgehead atoms. The molecule has 0 aliphatic heterocycles. The fraction of sp³-hybridized carbons (Fsp3) is 0.300. The molecule has 0 saturated carbocycles. The van der Waals surface area contributed by atoms with Gasteiger partial charge >= 0.3 is 0 Å². The van der Waals surface area contributed by atoms with Gasteiger partial charge in [0, 0.05) is 22.6 Å². The maximum atomic E-state index is 12.3. The molecule has 1 N–H and O–H groups in total. The second-order valence-electron chi connectivity index (χ2n) is 6.09. The van der Waals surface area contributed by atoms with Crippen molar-refractivity contribution in [3.05, 3.63) is 54.1 Å². The molecule has 25 heavy (non-hydrogen) atoms. The standard InChI is InChI=1S/C20H23NO3S/c1-14(2)12-20(23)21-16-10-8-15(9-11-16)17(22)13-25-19-7-5-4-6-18(19)24-3/h4-11,14H,12-13H2,1-3H3,(H,21,23). The largest absolute Gasteiger partial charge is 0.496 e. The van der Waals surface area contributed by atoms with E-state index in [2.05, 4.69) is 5.32 Å². The van der Waals surface area contributed by atoms with Gasteiger partial charge < -0.3 is 10.1 Å². The Kier molecular flexibility index (Phi) is 7.07. The van der Waals surface area contributed by atoms with Crippen molar-refractivity contribution in [2.24, 2.45) is 5.92 Å². The summed E-state index contributed by atoms with van der Waals surface area (Å²) < 4.78 is 5.29. The van der Waals surface area contributed by atoms with Crippen LogP contribution in [0.5, 0.6) is 5.75 Å². The molecule has 1 amide bonds. The van der Waals surface area contributed by atoms with Crippen LogP contribution in [-0.2, 0) is 4.79 Å². The van der Waals surface area contributed by atoms with Gasteiger partial charge in [-0.1, -0.05) is 26.0 Å². The first kappa shape index (κ1) is 19.1. The summed E-state index contributed by atoms with van der Waals surface area (Å²) in [6, 6.07) is 14.7. The van der Waals surface area contributed by atoms with Gasteiger partial charge in [0.1, 0.15) is 5.75 Å². The molecule has 0 fully saturated rings. The molecule has 0 radical (unpaired) electrons. The van der Waals surface area contributed by atoms with Crippen molar-refractivity contribution >= 4 is 29.1 Å². The average molecular weight is 357 g/mol. The molecule has 4 nitrogen and oxygen atoms in total. The highest BCUT2D eigenvalue weighted by molar-refractivity contribution is 8.00. The van der Waals surface area contributed by atoms with Crippen molar-refractivity contribution in [3.8, 4) is 5.75 Å². The lowest BCUT2D eigenvalue weighted by atomic mass is 10.1. The Morgan fingerprint density at radius 3 is 2.40 bits per heavy atom. The number of carbonyl (C=O) groups excluding carboxylic acids is 2. The van der Waals surface area contributed by atoms with Gasteiger partial charge in [-0.15, -0.1) is 11.8 Å². The number of amides is 1. The quantitative estimate of drug-likeness (QED) is 0.552. The number of methoxy groups -OCH3 is 1. The molecule has 0 unspecified atom stereocenters. The zero-order valence-electron chi connectivity index (χ0n) is 14.7. The molecule has 0 heterocycles. The molecule has 2 rings (SSSR count). The minimum absolute atomic E-state index is 0.0131. The first-order valence-corrected chi connectivity index (χ1v) is 9.17. The van der Waals surface area contributed by atoms with Crippen LogP contribution in [0.4, 0.5) is 5.69 Å². The van der Waals surface area contributed by atoms with Crippen LogP contribution in [0.1, 0.15) is 30.6 Å². The summed E-state index contributed by atoms with van der Waals surface area (Å²) in [5.41, 5.74) is 1.34. The summed E-state index contributed by atoms with van der Waals surface area (Å²) >= 11 is 1.45. The predicted octanol–water partition coefficient (Wildman–Crippen LogP) is 4.65. The minimum Gasteiger partial charge on any atom is -0.496 e. The van der Waals surface area contributed by atoms with Gasteiger partial charge in [-0.2, -0.15) is 0 Å². The number of hydrogen-bond donors (Lipinski definition) is 1. The molecule has 0 aromatic heterocycles. The van der Waals surface area contributed by atoms with Crippen LogP contribution in [0, 0.1) is 5.92 Å². The van der Waals surface area contributed by atoms with Crippen molar-refractivity contribution in [2.75, 3.05) is 18.2 Å². The van der Waals surface area contributed by atoms with E-state index in [1.807, 2.05) is 38.1 Å². The number of benzene rings is 2. The molecular formula is C20H23NO3S. The Morgan fingerprint density at radius 2 is 1.76 bits per heavy atom. The van der Waals surface area contributed by atoms with Gasteiger partial charge in [-0.3, -0.25) is 9.59 Å². The summed E-state index contributed by atoms with van der Waals surface area (Å²) in [5.74, 6) is 1.44. The van der Waals surface area contributed by atoms with Gasteiger partial charge in [-0.05, 0) is 42.3 Å². The van der Waals surface area contributed by atoms with E-state index in [1.54, 1.807) is 31.4 Å². The van der Waals surface area contributed by atoms with Crippen LogP contribution >= 0.6 is 11.8 Å². The third-order valence-corrected chi connectivity index (χ3v) is 4.57. The summed E-state index contributed by atoms with van der Waals surface area (Å²) in [5, 5.41) is 2.84. The third kappa shape index (κ3) is 5.94. The van der Waals surface area contributed by atoms with Crippen LogP contribution in [0.25, 0.3) is 0 Å². The molecule has 2 aromatic rings. The van der Waals surface area contributed by atoms with Gasteiger partial charge in [0.25, 0.3) is 0 Å². The van der Waals surface area contributed by atoms with E-state index in [1.165, 1.54) is 11.8 Å². The number of Topliss-reactive ketones (excluding diaryl/α,β-unsaturated/α-hetero) is 1. The summed E-state index contributed by atoms with van der Waals surface area (Å²) in [6.07, 6.45) is 0.482. The van der Waals surface area contributed by atoms with Crippen molar-refractivity contribution in [1.29, 1.82) is 0 Å². The highest BCUT2D eigenvalue weighted by Crippen LogP contribution is 2.29. The lowest BCUT2D eigenvalue weighted by Gasteiger charge is -2.09. The molecule has 0 aliphatic rings. The molecule has 2 aromatic carbocycles. The van der Waals surface area contributed by atoms with E-state index < -0.39 is 0 Å². The smallest absolute Gasteiger partial charge is 0.224 e. The first-order chi connectivity index (χ1) is 12.0.